The van der Waals surface area contributed by atoms with Gasteiger partial charge in [0.2, 0.25) is 10.9 Å². The molecule has 1 N–H and O–H groups in total. The van der Waals surface area contributed by atoms with Gasteiger partial charge in [-0.1, -0.05) is 13.3 Å². The third-order valence-corrected chi connectivity index (χ3v) is 3.23. The van der Waals surface area contributed by atoms with Crippen molar-refractivity contribution in [1.29, 1.82) is 0 Å². The van der Waals surface area contributed by atoms with Gasteiger partial charge in [-0.3, -0.25) is 4.72 Å². The predicted octanol–water partition coefficient (Wildman–Crippen LogP) is 0.962. The Balaban J connectivity index is 0.00000169. The van der Waals surface area contributed by atoms with E-state index in [4.69, 9.17) is 0 Å². The first-order chi connectivity index (χ1) is 6.13. The van der Waals surface area contributed by atoms with Crippen LogP contribution in [-0.4, -0.2) is 43.0 Å². The first kappa shape index (κ1) is 14.4. The Morgan fingerprint density at radius 3 is 2.64 bits per heavy atom. The van der Waals surface area contributed by atoms with Gasteiger partial charge in [0.25, 0.3) is 0 Å². The fraction of sp³-hybridized carbons (Fsp3) is 0.571. The third-order valence-electron chi connectivity index (χ3n) is 1.56. The summed E-state index contributed by atoms with van der Waals surface area (Å²) in [7, 11) is -2.59. The molecule has 1 heterocycles. The smallest absolute Gasteiger partial charge is 0.224 e. The maximum Gasteiger partial charge on any atom is 0.224 e. The van der Waals surface area contributed by atoms with Crippen LogP contribution in [0.5, 0.6) is 0 Å². The molecule has 0 fully saturated rings. The van der Waals surface area contributed by atoms with Gasteiger partial charge in [-0.15, -0.1) is 11.3 Å². The molecule has 14 heavy (non-hydrogen) atoms. The van der Waals surface area contributed by atoms with Crippen molar-refractivity contribution in [3.8, 4) is 0 Å². The Hall–Kier alpha value is 0.380. The Labute approximate surface area is 112 Å². The molecule has 0 spiro atoms. The van der Waals surface area contributed by atoms with Crippen molar-refractivity contribution in [2.75, 3.05) is 4.72 Å². The van der Waals surface area contributed by atoms with Gasteiger partial charge in [-0.05, 0) is 13.3 Å². The number of hydrogen-bond donors (Lipinski definition) is 2. The number of hydrogen-bond acceptors (Lipinski definition) is 4. The summed E-state index contributed by atoms with van der Waals surface area (Å²) in [5.74, 6) is 0. The number of nitrogens with zero attached hydrogens (tertiary/aromatic N) is 1. The molecule has 75 valence electrons. The van der Waals surface area contributed by atoms with E-state index in [1.165, 1.54) is 11.3 Å². The Morgan fingerprint density at radius 2 is 2.14 bits per heavy atom. The minimum atomic E-state index is -2.59. The summed E-state index contributed by atoms with van der Waals surface area (Å²) in [6.07, 6.45) is 2.01. The first-order valence-corrected chi connectivity index (χ1v) is 6.00. The molecule has 0 unspecified atom stereocenters. The van der Waals surface area contributed by atoms with Crippen molar-refractivity contribution in [3.05, 3.63) is 10.6 Å². The molecule has 1 rings (SSSR count). The van der Waals surface area contributed by atoms with E-state index in [1.54, 1.807) is 0 Å². The summed E-state index contributed by atoms with van der Waals surface area (Å²) in [5, 5.41) is 0.470. The van der Waals surface area contributed by atoms with Crippen LogP contribution in [0.15, 0.2) is 0 Å². The SMILES string of the molecule is CCCc1sc(N[SH](=O)=O)nc1C.[Na]. The van der Waals surface area contributed by atoms with Crippen LogP contribution in [0.25, 0.3) is 0 Å². The summed E-state index contributed by atoms with van der Waals surface area (Å²) in [6.45, 7) is 3.98. The minimum Gasteiger partial charge on any atom is -0.261 e. The Morgan fingerprint density at radius 1 is 1.50 bits per heavy atom. The van der Waals surface area contributed by atoms with Crippen molar-refractivity contribution in [1.82, 2.24) is 4.98 Å². The fourth-order valence-corrected chi connectivity index (χ4v) is 2.54. The van der Waals surface area contributed by atoms with E-state index >= 15 is 0 Å². The van der Waals surface area contributed by atoms with Gasteiger partial charge >= 0.3 is 0 Å². The van der Waals surface area contributed by atoms with E-state index in [0.717, 1.165) is 23.4 Å². The maximum atomic E-state index is 10.3. The molecule has 1 radical (unpaired) electrons. The molecule has 0 atom stereocenters. The quantitative estimate of drug-likeness (QED) is 0.612. The molecular weight excluding hydrogens is 231 g/mol. The number of rotatable bonds is 4. The zero-order valence-corrected chi connectivity index (χ0v) is 12.2. The van der Waals surface area contributed by atoms with Gasteiger partial charge < -0.3 is 0 Å². The van der Waals surface area contributed by atoms with Gasteiger partial charge in [0, 0.05) is 34.4 Å². The summed E-state index contributed by atoms with van der Waals surface area (Å²) in [4.78, 5) is 5.25. The van der Waals surface area contributed by atoms with Crippen molar-refractivity contribution in [2.45, 2.75) is 26.7 Å². The maximum absolute atomic E-state index is 10.3. The van der Waals surface area contributed by atoms with Gasteiger partial charge in [0.1, 0.15) is 0 Å². The zero-order valence-electron chi connectivity index (χ0n) is 8.53. The van der Waals surface area contributed by atoms with Gasteiger partial charge in [-0.25, -0.2) is 13.4 Å². The number of aromatic nitrogens is 1. The van der Waals surface area contributed by atoms with E-state index in [9.17, 15) is 8.42 Å². The van der Waals surface area contributed by atoms with Crippen LogP contribution in [0.1, 0.15) is 23.9 Å². The zero-order chi connectivity index (χ0) is 9.84. The summed E-state index contributed by atoms with van der Waals surface area (Å²) >= 11 is 1.41. The van der Waals surface area contributed by atoms with Crippen molar-refractivity contribution in [2.24, 2.45) is 0 Å². The summed E-state index contributed by atoms with van der Waals surface area (Å²) < 4.78 is 23.0. The van der Waals surface area contributed by atoms with Crippen molar-refractivity contribution in [3.63, 3.8) is 0 Å². The molecule has 0 bridgehead atoms. The largest absolute Gasteiger partial charge is 0.261 e. The monoisotopic (exact) mass is 243 g/mol. The Kier molecular flexibility index (Phi) is 6.97. The number of anilines is 1. The number of thiazole rings is 1. The van der Waals surface area contributed by atoms with E-state index in [-0.39, 0.29) is 29.6 Å². The summed E-state index contributed by atoms with van der Waals surface area (Å²) in [5.41, 5.74) is 0.922. The predicted molar refractivity (Wildman–Crippen MR) is 60.5 cm³/mol. The molecule has 0 aliphatic rings. The number of nitrogens with one attached hydrogen (secondary N) is 1. The second-order valence-electron chi connectivity index (χ2n) is 2.65. The van der Waals surface area contributed by atoms with Crippen LogP contribution in [0, 0.1) is 6.92 Å². The molecule has 0 aliphatic carbocycles. The van der Waals surface area contributed by atoms with Gasteiger partial charge in [0.15, 0.2) is 5.13 Å². The molecule has 7 heteroatoms. The molecule has 1 aromatic rings. The number of aryl methyl sites for hydroxylation is 2. The third kappa shape index (κ3) is 4.27. The van der Waals surface area contributed by atoms with Crippen LogP contribution in [0.2, 0.25) is 0 Å². The average Bonchev–Trinajstić information content (AvgIpc) is 2.31. The van der Waals surface area contributed by atoms with E-state index in [0.29, 0.717) is 5.13 Å². The molecule has 0 aromatic carbocycles. The van der Waals surface area contributed by atoms with Crippen LogP contribution >= 0.6 is 11.3 Å². The van der Waals surface area contributed by atoms with Crippen LogP contribution < -0.4 is 4.72 Å². The normalized spacial score (nSPS) is 9.93. The second kappa shape index (κ2) is 6.79. The first-order valence-electron chi connectivity index (χ1n) is 4.00. The average molecular weight is 243 g/mol. The van der Waals surface area contributed by atoms with Crippen LogP contribution in [-0.2, 0) is 17.3 Å². The summed E-state index contributed by atoms with van der Waals surface area (Å²) in [6, 6.07) is 0. The van der Waals surface area contributed by atoms with E-state index in [2.05, 4.69) is 16.6 Å². The topological polar surface area (TPSA) is 59.1 Å². The van der Waals surface area contributed by atoms with Crippen molar-refractivity contribution >= 4 is 56.9 Å². The fourth-order valence-electron chi connectivity index (χ4n) is 1.01. The standard InChI is InChI=1S/C7H12N2O2S2.Na/c1-3-4-6-5(2)8-7(12-6)9-13(10)11;/h13H,3-4H2,1-2H3,(H,8,9,10,11);. The van der Waals surface area contributed by atoms with Gasteiger partial charge in [-0.2, -0.15) is 0 Å². The molecular formula is C7H12N2NaO2S2. The molecule has 0 saturated carbocycles. The molecule has 1 aromatic heterocycles. The van der Waals surface area contributed by atoms with E-state index in [1.807, 2.05) is 6.92 Å². The van der Waals surface area contributed by atoms with Crippen LogP contribution in [0.3, 0.4) is 0 Å². The molecule has 0 aliphatic heterocycles. The second-order valence-corrected chi connectivity index (χ2v) is 4.47. The Bertz CT molecular complexity index is 355. The van der Waals surface area contributed by atoms with Crippen LogP contribution in [0.4, 0.5) is 5.13 Å². The molecule has 4 nitrogen and oxygen atoms in total. The molecule has 0 amide bonds. The van der Waals surface area contributed by atoms with E-state index < -0.39 is 10.9 Å². The minimum absolute atomic E-state index is 0. The molecule has 0 saturated heterocycles. The van der Waals surface area contributed by atoms with Gasteiger partial charge in [0.05, 0.1) is 5.69 Å². The number of thiol groups is 1. The van der Waals surface area contributed by atoms with Crippen molar-refractivity contribution < 1.29 is 8.42 Å².